The fourth-order valence-corrected chi connectivity index (χ4v) is 4.78. The van der Waals surface area contributed by atoms with Crippen molar-refractivity contribution in [3.05, 3.63) is 35.2 Å². The fraction of sp³-hybridized carbons (Fsp3) is 0.550. The summed E-state index contributed by atoms with van der Waals surface area (Å²) in [4.78, 5) is 12.5. The molecule has 0 bridgehead atoms. The smallest absolute Gasteiger partial charge is 0.223 e. The van der Waals surface area contributed by atoms with Crippen molar-refractivity contribution in [1.29, 1.82) is 0 Å². The molecule has 1 aliphatic rings. The lowest BCUT2D eigenvalue weighted by Gasteiger charge is -2.30. The number of carbonyl (C=O) groups excluding carboxylic acids is 1. The molecule has 1 aromatic carbocycles. The highest BCUT2D eigenvalue weighted by molar-refractivity contribution is 7.90. The van der Waals surface area contributed by atoms with Crippen molar-refractivity contribution in [3.8, 4) is 11.3 Å². The monoisotopic (exact) mass is 436 g/mol. The van der Waals surface area contributed by atoms with Crippen LogP contribution in [0, 0.1) is 5.92 Å². The quantitative estimate of drug-likeness (QED) is 0.725. The Labute approximate surface area is 176 Å². The minimum atomic E-state index is -3.36. The molecule has 158 valence electrons. The van der Waals surface area contributed by atoms with Crippen molar-refractivity contribution in [2.24, 2.45) is 5.92 Å². The van der Waals surface area contributed by atoms with Gasteiger partial charge in [-0.15, -0.1) is 5.10 Å². The molecule has 3 rings (SSSR count). The molecule has 9 heteroatoms. The van der Waals surface area contributed by atoms with Crippen LogP contribution in [0.25, 0.3) is 11.3 Å². The molecule has 1 saturated carbocycles. The summed E-state index contributed by atoms with van der Waals surface area (Å²) in [5.41, 5.74) is 2.88. The zero-order valence-corrected chi connectivity index (χ0v) is 18.6. The van der Waals surface area contributed by atoms with Crippen molar-refractivity contribution >= 4 is 27.5 Å². The standard InChI is InChI=1S/C20H28N4O3S2/c1-20(2,3)29(26,27)23-17-10-8-16(9-11-17)19(25)21-12-14-4-6-15(7-5-14)18-13-28-24-22-18/h4-7,13,16-17,23H,8-12H2,1-3H3,(H,21,25). The molecule has 1 aliphatic carbocycles. The fourth-order valence-electron chi connectivity index (χ4n) is 3.29. The summed E-state index contributed by atoms with van der Waals surface area (Å²) in [6.07, 6.45) is 2.76. The van der Waals surface area contributed by atoms with E-state index in [4.69, 9.17) is 0 Å². The lowest BCUT2D eigenvalue weighted by atomic mass is 9.86. The van der Waals surface area contributed by atoms with E-state index in [2.05, 4.69) is 19.6 Å². The molecule has 1 heterocycles. The zero-order chi connectivity index (χ0) is 21.1. The van der Waals surface area contributed by atoms with Gasteiger partial charge >= 0.3 is 0 Å². The van der Waals surface area contributed by atoms with Crippen LogP contribution < -0.4 is 10.0 Å². The van der Waals surface area contributed by atoms with Gasteiger partial charge in [0.15, 0.2) is 0 Å². The van der Waals surface area contributed by atoms with Gasteiger partial charge in [-0.05, 0) is 63.6 Å². The number of hydrogen-bond donors (Lipinski definition) is 2. The van der Waals surface area contributed by atoms with Crippen molar-refractivity contribution in [2.75, 3.05) is 0 Å². The average Bonchev–Trinajstić information content (AvgIpc) is 3.21. The van der Waals surface area contributed by atoms with E-state index >= 15 is 0 Å². The minimum absolute atomic E-state index is 0.0370. The number of nitrogens with one attached hydrogen (secondary N) is 2. The molecule has 1 fully saturated rings. The summed E-state index contributed by atoms with van der Waals surface area (Å²) < 4.78 is 30.4. The van der Waals surface area contributed by atoms with E-state index in [-0.39, 0.29) is 17.9 Å². The average molecular weight is 437 g/mol. The Bertz CT molecular complexity index is 912. The van der Waals surface area contributed by atoms with E-state index in [1.165, 1.54) is 11.5 Å². The summed E-state index contributed by atoms with van der Waals surface area (Å²) in [6.45, 7) is 5.54. The van der Waals surface area contributed by atoms with Crippen LogP contribution in [0.5, 0.6) is 0 Å². The molecule has 0 spiro atoms. The molecule has 2 N–H and O–H groups in total. The molecule has 0 unspecified atom stereocenters. The van der Waals surface area contributed by atoms with Gasteiger partial charge in [-0.2, -0.15) is 0 Å². The molecular formula is C20H28N4O3S2. The highest BCUT2D eigenvalue weighted by Gasteiger charge is 2.33. The summed E-state index contributed by atoms with van der Waals surface area (Å²) >= 11 is 1.32. The highest BCUT2D eigenvalue weighted by Crippen LogP contribution is 2.26. The second-order valence-corrected chi connectivity index (χ2v) is 11.6. The number of carbonyl (C=O) groups is 1. The Morgan fingerprint density at radius 3 is 2.34 bits per heavy atom. The maximum absolute atomic E-state index is 12.5. The number of hydrogen-bond acceptors (Lipinski definition) is 6. The summed E-state index contributed by atoms with van der Waals surface area (Å²) in [7, 11) is -3.36. The molecule has 2 aromatic rings. The number of benzene rings is 1. The maximum atomic E-state index is 12.5. The molecule has 0 aliphatic heterocycles. The highest BCUT2D eigenvalue weighted by atomic mass is 32.2. The van der Waals surface area contributed by atoms with Gasteiger partial charge in [-0.25, -0.2) is 13.1 Å². The van der Waals surface area contributed by atoms with Crippen LogP contribution in [-0.2, 0) is 21.4 Å². The van der Waals surface area contributed by atoms with Gasteiger partial charge in [0, 0.05) is 29.4 Å². The molecule has 1 amide bonds. The van der Waals surface area contributed by atoms with Gasteiger partial charge in [0.1, 0.15) is 5.69 Å². The Balaban J connectivity index is 1.45. The van der Waals surface area contributed by atoms with Crippen molar-refractivity contribution < 1.29 is 13.2 Å². The van der Waals surface area contributed by atoms with E-state index in [9.17, 15) is 13.2 Å². The van der Waals surface area contributed by atoms with E-state index < -0.39 is 14.8 Å². The van der Waals surface area contributed by atoms with Gasteiger partial charge in [-0.1, -0.05) is 28.8 Å². The Hall–Kier alpha value is -1.84. The zero-order valence-electron chi connectivity index (χ0n) is 17.0. The van der Waals surface area contributed by atoms with Gasteiger partial charge in [0.05, 0.1) is 4.75 Å². The molecule has 0 radical (unpaired) electrons. The lowest BCUT2D eigenvalue weighted by Crippen LogP contribution is -2.46. The largest absolute Gasteiger partial charge is 0.352 e. The summed E-state index contributed by atoms with van der Waals surface area (Å²) in [5.74, 6) is -0.0272. The van der Waals surface area contributed by atoms with Crippen LogP contribution in [0.3, 0.4) is 0 Å². The van der Waals surface area contributed by atoms with Crippen LogP contribution in [0.2, 0.25) is 0 Å². The number of sulfonamides is 1. The Morgan fingerprint density at radius 2 is 1.79 bits per heavy atom. The molecule has 0 saturated heterocycles. The van der Waals surface area contributed by atoms with Crippen LogP contribution in [0.1, 0.15) is 52.0 Å². The Kier molecular flexibility index (Phi) is 6.70. The number of nitrogens with zero attached hydrogens (tertiary/aromatic N) is 2. The third kappa shape index (κ3) is 5.61. The van der Waals surface area contributed by atoms with Crippen LogP contribution in [0.15, 0.2) is 29.6 Å². The SMILES string of the molecule is CC(C)(C)S(=O)(=O)NC1CCC(C(=O)NCc2ccc(-c3csnn3)cc2)CC1. The van der Waals surface area contributed by atoms with Gasteiger partial charge in [0.2, 0.25) is 15.9 Å². The molecule has 1 aromatic heterocycles. The topological polar surface area (TPSA) is 101 Å². The first-order chi connectivity index (χ1) is 13.7. The first-order valence-corrected chi connectivity index (χ1v) is 12.1. The van der Waals surface area contributed by atoms with Gasteiger partial charge in [-0.3, -0.25) is 4.79 Å². The van der Waals surface area contributed by atoms with E-state index in [0.717, 1.165) is 16.8 Å². The molecule has 0 atom stereocenters. The van der Waals surface area contributed by atoms with Gasteiger partial charge < -0.3 is 5.32 Å². The second-order valence-electron chi connectivity index (χ2n) is 8.49. The number of aromatic nitrogens is 2. The van der Waals surface area contributed by atoms with Crippen LogP contribution in [-0.4, -0.2) is 34.7 Å². The van der Waals surface area contributed by atoms with Crippen LogP contribution >= 0.6 is 11.5 Å². The summed E-state index contributed by atoms with van der Waals surface area (Å²) in [6, 6.07) is 7.83. The third-order valence-corrected chi connectivity index (χ3v) is 8.06. The van der Waals surface area contributed by atoms with Crippen LogP contribution in [0.4, 0.5) is 0 Å². The van der Waals surface area contributed by atoms with Crippen molar-refractivity contribution in [2.45, 2.75) is 63.8 Å². The predicted octanol–water partition coefficient (Wildman–Crippen LogP) is 3.10. The van der Waals surface area contributed by atoms with Crippen molar-refractivity contribution in [1.82, 2.24) is 19.6 Å². The predicted molar refractivity (Wildman–Crippen MR) is 115 cm³/mol. The molecular weight excluding hydrogens is 408 g/mol. The van der Waals surface area contributed by atoms with E-state index in [1.807, 2.05) is 29.6 Å². The third-order valence-electron chi connectivity index (χ3n) is 5.30. The van der Waals surface area contributed by atoms with Crippen molar-refractivity contribution in [3.63, 3.8) is 0 Å². The first kappa shape index (κ1) is 21.9. The van der Waals surface area contributed by atoms with E-state index in [0.29, 0.717) is 32.2 Å². The lowest BCUT2D eigenvalue weighted by molar-refractivity contribution is -0.126. The number of amides is 1. The van der Waals surface area contributed by atoms with E-state index in [1.54, 1.807) is 20.8 Å². The minimum Gasteiger partial charge on any atom is -0.352 e. The molecule has 7 nitrogen and oxygen atoms in total. The molecule has 29 heavy (non-hydrogen) atoms. The normalized spacial score (nSPS) is 20.4. The number of rotatable bonds is 6. The first-order valence-electron chi connectivity index (χ1n) is 9.82. The Morgan fingerprint density at radius 1 is 1.14 bits per heavy atom. The maximum Gasteiger partial charge on any atom is 0.223 e. The second kappa shape index (κ2) is 8.89. The summed E-state index contributed by atoms with van der Waals surface area (Å²) in [5, 5.41) is 8.95. The van der Waals surface area contributed by atoms with Gasteiger partial charge in [0.25, 0.3) is 0 Å².